The van der Waals surface area contributed by atoms with E-state index < -0.39 is 5.60 Å². The van der Waals surface area contributed by atoms with E-state index in [1.54, 1.807) is 24.4 Å². The summed E-state index contributed by atoms with van der Waals surface area (Å²) in [5, 5.41) is 1.02. The number of benzene rings is 1. The minimum absolute atomic E-state index is 0.171. The molecular formula is C22H23FN2O4. The first-order chi connectivity index (χ1) is 13.6. The first kappa shape index (κ1) is 23.5. The highest BCUT2D eigenvalue weighted by molar-refractivity contribution is 5.88. The number of aryl methyl sites for hydroxylation is 1. The summed E-state index contributed by atoms with van der Waals surface area (Å²) in [4.78, 5) is 35.0. The van der Waals surface area contributed by atoms with E-state index in [1.165, 1.54) is 18.2 Å². The SMILES string of the molecule is CC(C)(C)OC(=O)/C=C/c1cnc2[nH]ccc2c1.Cc1ccc(F)cc1.O=C=O. The van der Waals surface area contributed by atoms with Crippen LogP contribution < -0.4 is 0 Å². The number of nitrogens with one attached hydrogen (secondary N) is 1. The monoisotopic (exact) mass is 398 g/mol. The van der Waals surface area contributed by atoms with Crippen LogP contribution in [0.15, 0.2) is 54.9 Å². The van der Waals surface area contributed by atoms with Crippen LogP contribution in [0.5, 0.6) is 0 Å². The lowest BCUT2D eigenvalue weighted by atomic mass is 10.2. The lowest BCUT2D eigenvalue weighted by Gasteiger charge is -2.17. The molecule has 0 aliphatic heterocycles. The number of carbonyl (C=O) groups excluding carboxylic acids is 3. The number of ether oxygens (including phenoxy) is 1. The minimum Gasteiger partial charge on any atom is -0.457 e. The fraction of sp³-hybridized carbons (Fsp3) is 0.227. The molecule has 29 heavy (non-hydrogen) atoms. The van der Waals surface area contributed by atoms with Crippen molar-refractivity contribution in [3.05, 3.63) is 71.8 Å². The van der Waals surface area contributed by atoms with Crippen molar-refractivity contribution in [1.29, 1.82) is 0 Å². The predicted octanol–water partition coefficient (Wildman–Crippen LogP) is 4.47. The van der Waals surface area contributed by atoms with Crippen molar-refractivity contribution < 1.29 is 23.5 Å². The van der Waals surface area contributed by atoms with Crippen LogP contribution in [0.4, 0.5) is 4.39 Å². The molecular weight excluding hydrogens is 375 g/mol. The number of rotatable bonds is 2. The molecule has 6 nitrogen and oxygen atoms in total. The number of carbonyl (C=O) groups is 1. The molecule has 2 heterocycles. The highest BCUT2D eigenvalue weighted by Gasteiger charge is 2.13. The van der Waals surface area contributed by atoms with E-state index in [4.69, 9.17) is 14.3 Å². The Labute approximate surface area is 168 Å². The zero-order chi connectivity index (χ0) is 21.9. The molecule has 0 radical (unpaired) electrons. The van der Waals surface area contributed by atoms with Crippen molar-refractivity contribution in [2.75, 3.05) is 0 Å². The van der Waals surface area contributed by atoms with Gasteiger partial charge in [-0.15, -0.1) is 0 Å². The van der Waals surface area contributed by atoms with Crippen molar-refractivity contribution in [1.82, 2.24) is 9.97 Å². The van der Waals surface area contributed by atoms with Gasteiger partial charge in [0, 0.05) is 23.9 Å². The highest BCUT2D eigenvalue weighted by Crippen LogP contribution is 2.13. The molecule has 0 amide bonds. The molecule has 0 saturated carbocycles. The average Bonchev–Trinajstić information content (AvgIpc) is 3.10. The summed E-state index contributed by atoms with van der Waals surface area (Å²) >= 11 is 0. The Morgan fingerprint density at radius 1 is 1.17 bits per heavy atom. The van der Waals surface area contributed by atoms with Crippen molar-refractivity contribution in [3.63, 3.8) is 0 Å². The normalized spacial score (nSPS) is 10.4. The number of halogens is 1. The van der Waals surface area contributed by atoms with E-state index in [9.17, 15) is 9.18 Å². The van der Waals surface area contributed by atoms with Gasteiger partial charge in [-0.05, 0) is 63.6 Å². The molecule has 0 bridgehead atoms. The molecule has 0 unspecified atom stereocenters. The number of aromatic amines is 1. The molecule has 7 heteroatoms. The van der Waals surface area contributed by atoms with Crippen LogP contribution in [0, 0.1) is 12.7 Å². The molecule has 1 aromatic carbocycles. The second-order valence-corrected chi connectivity index (χ2v) is 6.93. The van der Waals surface area contributed by atoms with Crippen LogP contribution in [-0.4, -0.2) is 27.7 Å². The van der Waals surface area contributed by atoms with Crippen LogP contribution in [0.3, 0.4) is 0 Å². The Morgan fingerprint density at radius 3 is 2.34 bits per heavy atom. The molecule has 0 aliphatic rings. The van der Waals surface area contributed by atoms with Gasteiger partial charge in [0.25, 0.3) is 0 Å². The maximum atomic E-state index is 12.1. The summed E-state index contributed by atoms with van der Waals surface area (Å²) in [6, 6.07) is 10.3. The van der Waals surface area contributed by atoms with Crippen LogP contribution in [0.1, 0.15) is 31.9 Å². The molecule has 0 saturated heterocycles. The molecule has 3 aromatic rings. The quantitative estimate of drug-likeness (QED) is 0.508. The Kier molecular flexibility index (Phi) is 9.16. The lowest BCUT2D eigenvalue weighted by Crippen LogP contribution is -2.22. The van der Waals surface area contributed by atoms with Gasteiger partial charge in [-0.2, -0.15) is 9.59 Å². The second kappa shape index (κ2) is 11.3. The fourth-order valence-corrected chi connectivity index (χ4v) is 2.08. The van der Waals surface area contributed by atoms with Crippen LogP contribution >= 0.6 is 0 Å². The summed E-state index contributed by atoms with van der Waals surface area (Å²) in [5.41, 5.74) is 2.33. The molecule has 0 atom stereocenters. The smallest absolute Gasteiger partial charge is 0.373 e. The van der Waals surface area contributed by atoms with E-state index in [1.807, 2.05) is 46.0 Å². The number of fused-ring (bicyclic) bond motifs is 1. The van der Waals surface area contributed by atoms with E-state index in [-0.39, 0.29) is 17.9 Å². The highest BCUT2D eigenvalue weighted by atomic mass is 19.1. The third-order valence-electron chi connectivity index (χ3n) is 3.25. The van der Waals surface area contributed by atoms with Crippen LogP contribution in [-0.2, 0) is 19.1 Å². The summed E-state index contributed by atoms with van der Waals surface area (Å²) in [6.07, 6.45) is 6.91. The Balaban J connectivity index is 0.000000317. The number of aromatic nitrogens is 2. The lowest BCUT2D eigenvalue weighted by molar-refractivity contribution is -0.191. The Morgan fingerprint density at radius 2 is 1.79 bits per heavy atom. The number of hydrogen-bond donors (Lipinski definition) is 1. The number of pyridine rings is 1. The molecule has 0 fully saturated rings. The second-order valence-electron chi connectivity index (χ2n) is 6.93. The van der Waals surface area contributed by atoms with Gasteiger partial charge in [0.1, 0.15) is 17.1 Å². The number of H-pyrrole nitrogens is 1. The Hall–Kier alpha value is -3.57. The molecule has 1 N–H and O–H groups in total. The molecule has 0 aliphatic carbocycles. The molecule has 0 spiro atoms. The third kappa shape index (κ3) is 9.79. The fourth-order valence-electron chi connectivity index (χ4n) is 2.08. The minimum atomic E-state index is -0.468. The van der Waals surface area contributed by atoms with Gasteiger partial charge in [-0.25, -0.2) is 14.2 Å². The first-order valence-corrected chi connectivity index (χ1v) is 8.70. The molecule has 3 rings (SSSR count). The van der Waals surface area contributed by atoms with Gasteiger partial charge in [0.2, 0.25) is 0 Å². The van der Waals surface area contributed by atoms with E-state index in [0.29, 0.717) is 0 Å². The summed E-state index contributed by atoms with van der Waals surface area (Å²) < 4.78 is 17.3. The summed E-state index contributed by atoms with van der Waals surface area (Å²) in [5.74, 6) is -0.521. The van der Waals surface area contributed by atoms with Crippen molar-refractivity contribution >= 4 is 29.2 Å². The van der Waals surface area contributed by atoms with E-state index in [0.717, 1.165) is 22.2 Å². The largest absolute Gasteiger partial charge is 0.457 e. The van der Waals surface area contributed by atoms with Crippen molar-refractivity contribution in [2.45, 2.75) is 33.3 Å². The Bertz CT molecular complexity index is 959. The molecule has 152 valence electrons. The van der Waals surface area contributed by atoms with E-state index >= 15 is 0 Å². The zero-order valence-electron chi connectivity index (χ0n) is 16.7. The van der Waals surface area contributed by atoms with Gasteiger partial charge in [0.15, 0.2) is 0 Å². The first-order valence-electron chi connectivity index (χ1n) is 8.70. The summed E-state index contributed by atoms with van der Waals surface area (Å²) in [7, 11) is 0. The van der Waals surface area contributed by atoms with Crippen molar-refractivity contribution in [3.8, 4) is 0 Å². The average molecular weight is 398 g/mol. The van der Waals surface area contributed by atoms with Crippen LogP contribution in [0.2, 0.25) is 0 Å². The maximum absolute atomic E-state index is 12.1. The number of nitrogens with zero attached hydrogens (tertiary/aromatic N) is 1. The zero-order valence-corrected chi connectivity index (χ0v) is 16.7. The van der Waals surface area contributed by atoms with Gasteiger partial charge in [0.05, 0.1) is 0 Å². The maximum Gasteiger partial charge on any atom is 0.373 e. The van der Waals surface area contributed by atoms with Gasteiger partial charge >= 0.3 is 12.1 Å². The number of esters is 1. The van der Waals surface area contributed by atoms with Gasteiger partial charge in [-0.1, -0.05) is 17.7 Å². The van der Waals surface area contributed by atoms with Crippen LogP contribution in [0.25, 0.3) is 17.1 Å². The van der Waals surface area contributed by atoms with Crippen molar-refractivity contribution in [2.24, 2.45) is 0 Å². The predicted molar refractivity (Wildman–Crippen MR) is 107 cm³/mol. The topological polar surface area (TPSA) is 89.1 Å². The van der Waals surface area contributed by atoms with Gasteiger partial charge < -0.3 is 9.72 Å². The van der Waals surface area contributed by atoms with Gasteiger partial charge in [-0.3, -0.25) is 0 Å². The standard InChI is InChI=1S/C14H16N2O2.C7H7F.CO2/c1-14(2,3)18-12(17)5-4-10-8-11-6-7-15-13(11)16-9-10;1-6-2-4-7(8)5-3-6;2-1-3/h4-9H,1-3H3,(H,15,16);2-5H,1H3;/b5-4+;;. The van der Waals surface area contributed by atoms with E-state index in [2.05, 4.69) is 9.97 Å². The third-order valence-corrected chi connectivity index (χ3v) is 3.25. The summed E-state index contributed by atoms with van der Waals surface area (Å²) in [6.45, 7) is 7.45. The molecule has 2 aromatic heterocycles. The number of hydrogen-bond acceptors (Lipinski definition) is 5.